The number of hydrogen-bond acceptors (Lipinski definition) is 4. The molecule has 2 aromatic carbocycles. The van der Waals surface area contributed by atoms with E-state index in [-0.39, 0.29) is 37.2 Å². The van der Waals surface area contributed by atoms with Crippen LogP contribution >= 0.6 is 49.0 Å². The quantitative estimate of drug-likeness (QED) is 0.636. The van der Waals surface area contributed by atoms with E-state index in [1.165, 1.54) is 60.3 Å². The molecule has 0 aliphatic carbocycles. The summed E-state index contributed by atoms with van der Waals surface area (Å²) in [6.45, 7) is 7.10. The Labute approximate surface area is 185 Å². The fourth-order valence-corrected chi connectivity index (χ4v) is 4.64. The summed E-state index contributed by atoms with van der Waals surface area (Å²) >= 11 is 1.89. The molecule has 0 saturated carbocycles. The molecule has 27 heavy (non-hydrogen) atoms. The Kier molecular flexibility index (Phi) is 10.3. The third-order valence-corrected chi connectivity index (χ3v) is 6.11. The minimum absolute atomic E-state index is 0. The maximum atomic E-state index is 2.61. The number of halogens is 3. The summed E-state index contributed by atoms with van der Waals surface area (Å²) in [5.74, 6) is 0. The van der Waals surface area contributed by atoms with E-state index in [1.54, 1.807) is 0 Å². The van der Waals surface area contributed by atoms with Crippen LogP contribution in [0.5, 0.6) is 0 Å². The van der Waals surface area contributed by atoms with Crippen molar-refractivity contribution in [2.75, 3.05) is 51.2 Å². The van der Waals surface area contributed by atoms with E-state index in [0.29, 0.717) is 0 Å². The predicted octanol–water partition coefficient (Wildman–Crippen LogP) is 5.19. The third kappa shape index (κ3) is 5.69. The number of nitrogens with zero attached hydrogens (tertiary/aromatic N) is 3. The van der Waals surface area contributed by atoms with Gasteiger partial charge in [-0.05, 0) is 44.3 Å². The van der Waals surface area contributed by atoms with E-state index in [1.807, 2.05) is 11.8 Å². The molecule has 2 aliphatic heterocycles. The van der Waals surface area contributed by atoms with E-state index in [9.17, 15) is 0 Å². The Morgan fingerprint density at radius 2 is 1.26 bits per heavy atom. The molecular formula is C20H28Cl3N3S. The number of benzene rings is 2. The van der Waals surface area contributed by atoms with E-state index in [0.717, 1.165) is 6.54 Å². The van der Waals surface area contributed by atoms with Crippen LogP contribution in [-0.2, 0) is 0 Å². The Balaban J connectivity index is 0.00000121. The summed E-state index contributed by atoms with van der Waals surface area (Å²) in [5.41, 5.74) is 2.72. The molecule has 2 heterocycles. The van der Waals surface area contributed by atoms with Crippen molar-refractivity contribution in [1.82, 2.24) is 9.80 Å². The number of fused-ring (bicyclic) bond motifs is 2. The fourth-order valence-electron chi connectivity index (χ4n) is 3.55. The SMILES string of the molecule is CN1CCN(CCCN2c3ccccc3Sc3ccccc32)CC1.Cl.Cl.Cl. The predicted molar refractivity (Wildman–Crippen MR) is 124 cm³/mol. The van der Waals surface area contributed by atoms with Gasteiger partial charge in [-0.15, -0.1) is 37.2 Å². The Morgan fingerprint density at radius 1 is 0.741 bits per heavy atom. The lowest BCUT2D eigenvalue weighted by Gasteiger charge is -2.35. The molecule has 4 rings (SSSR count). The van der Waals surface area contributed by atoms with Gasteiger partial charge in [-0.3, -0.25) is 0 Å². The van der Waals surface area contributed by atoms with Gasteiger partial charge in [0.15, 0.2) is 0 Å². The van der Waals surface area contributed by atoms with Crippen molar-refractivity contribution in [3.05, 3.63) is 48.5 Å². The summed E-state index contributed by atoms with van der Waals surface area (Å²) in [7, 11) is 2.22. The van der Waals surface area contributed by atoms with Crippen LogP contribution in [-0.4, -0.2) is 56.1 Å². The van der Waals surface area contributed by atoms with Gasteiger partial charge in [-0.2, -0.15) is 0 Å². The Morgan fingerprint density at radius 3 is 1.81 bits per heavy atom. The highest BCUT2D eigenvalue weighted by atomic mass is 35.5. The highest BCUT2D eigenvalue weighted by Gasteiger charge is 2.22. The lowest BCUT2D eigenvalue weighted by molar-refractivity contribution is 0.153. The van der Waals surface area contributed by atoms with Crippen molar-refractivity contribution in [2.24, 2.45) is 0 Å². The van der Waals surface area contributed by atoms with E-state index in [4.69, 9.17) is 0 Å². The molecule has 0 bridgehead atoms. The molecule has 0 amide bonds. The summed E-state index contributed by atoms with van der Waals surface area (Å²) < 4.78 is 0. The van der Waals surface area contributed by atoms with Gasteiger partial charge in [0.2, 0.25) is 0 Å². The molecule has 3 nitrogen and oxygen atoms in total. The zero-order valence-corrected chi connectivity index (χ0v) is 18.8. The van der Waals surface area contributed by atoms with E-state index < -0.39 is 0 Å². The van der Waals surface area contributed by atoms with Crippen LogP contribution in [0.1, 0.15) is 6.42 Å². The first-order valence-electron chi connectivity index (χ1n) is 8.85. The lowest BCUT2D eigenvalue weighted by Crippen LogP contribution is -2.45. The number of anilines is 2. The first-order chi connectivity index (χ1) is 11.8. The van der Waals surface area contributed by atoms with E-state index in [2.05, 4.69) is 70.3 Å². The minimum Gasteiger partial charge on any atom is -0.340 e. The van der Waals surface area contributed by atoms with Gasteiger partial charge in [-0.25, -0.2) is 0 Å². The number of piperazine rings is 1. The molecule has 0 radical (unpaired) electrons. The summed E-state index contributed by atoms with van der Waals surface area (Å²) in [5, 5.41) is 0. The lowest BCUT2D eigenvalue weighted by atomic mass is 10.2. The van der Waals surface area contributed by atoms with Gasteiger partial charge in [0.1, 0.15) is 0 Å². The molecule has 1 fully saturated rings. The van der Waals surface area contributed by atoms with Crippen LogP contribution in [0.15, 0.2) is 58.3 Å². The average molecular weight is 449 g/mol. The first-order valence-corrected chi connectivity index (χ1v) is 9.67. The van der Waals surface area contributed by atoms with Gasteiger partial charge in [0, 0.05) is 42.5 Å². The van der Waals surface area contributed by atoms with Crippen molar-refractivity contribution < 1.29 is 0 Å². The van der Waals surface area contributed by atoms with Crippen LogP contribution in [0.2, 0.25) is 0 Å². The van der Waals surface area contributed by atoms with Crippen molar-refractivity contribution in [3.8, 4) is 0 Å². The van der Waals surface area contributed by atoms with Crippen LogP contribution in [0.4, 0.5) is 11.4 Å². The van der Waals surface area contributed by atoms with Gasteiger partial charge in [0.25, 0.3) is 0 Å². The molecule has 150 valence electrons. The highest BCUT2D eigenvalue weighted by molar-refractivity contribution is 7.99. The van der Waals surface area contributed by atoms with Crippen molar-refractivity contribution in [3.63, 3.8) is 0 Å². The second-order valence-electron chi connectivity index (χ2n) is 6.69. The topological polar surface area (TPSA) is 9.72 Å². The fraction of sp³-hybridized carbons (Fsp3) is 0.400. The van der Waals surface area contributed by atoms with Gasteiger partial charge >= 0.3 is 0 Å². The standard InChI is InChI=1S/C20H25N3S.3ClH/c1-21-13-15-22(16-14-21)11-6-12-23-17-7-2-4-9-19(17)24-20-10-5-3-8-18(20)23;;;/h2-5,7-10H,6,11-16H2,1H3;3*1H. The normalized spacial score (nSPS) is 16.3. The Hall–Kier alpha value is -0.620. The maximum absolute atomic E-state index is 2.61. The summed E-state index contributed by atoms with van der Waals surface area (Å²) in [6.07, 6.45) is 1.21. The van der Waals surface area contributed by atoms with Gasteiger partial charge in [0.05, 0.1) is 11.4 Å². The molecular weight excluding hydrogens is 421 g/mol. The van der Waals surface area contributed by atoms with Crippen LogP contribution in [0.3, 0.4) is 0 Å². The second-order valence-corrected chi connectivity index (χ2v) is 7.77. The van der Waals surface area contributed by atoms with Gasteiger partial charge < -0.3 is 14.7 Å². The molecule has 0 atom stereocenters. The third-order valence-electron chi connectivity index (χ3n) is 4.98. The molecule has 0 aromatic heterocycles. The maximum Gasteiger partial charge on any atom is 0.0552 e. The average Bonchev–Trinajstić information content (AvgIpc) is 2.63. The monoisotopic (exact) mass is 447 g/mol. The molecule has 2 aliphatic rings. The zero-order valence-electron chi connectivity index (χ0n) is 15.5. The van der Waals surface area contributed by atoms with Crippen LogP contribution in [0, 0.1) is 0 Å². The largest absolute Gasteiger partial charge is 0.340 e. The van der Waals surface area contributed by atoms with Crippen molar-refractivity contribution in [1.29, 1.82) is 0 Å². The molecule has 0 N–H and O–H groups in total. The Bertz CT molecular complexity index is 663. The minimum atomic E-state index is 0. The number of hydrogen-bond donors (Lipinski definition) is 0. The number of para-hydroxylation sites is 2. The molecule has 0 spiro atoms. The van der Waals surface area contributed by atoms with E-state index >= 15 is 0 Å². The first kappa shape index (κ1) is 24.4. The van der Waals surface area contributed by atoms with Crippen molar-refractivity contribution in [2.45, 2.75) is 16.2 Å². The summed E-state index contributed by atoms with van der Waals surface area (Å²) in [6, 6.07) is 17.6. The molecule has 0 unspecified atom stereocenters. The molecule has 7 heteroatoms. The number of likely N-dealkylation sites (N-methyl/N-ethyl adjacent to an activating group) is 1. The van der Waals surface area contributed by atoms with Crippen LogP contribution in [0.25, 0.3) is 0 Å². The molecule has 2 aromatic rings. The second kappa shape index (κ2) is 11.4. The highest BCUT2D eigenvalue weighted by Crippen LogP contribution is 2.47. The van der Waals surface area contributed by atoms with Gasteiger partial charge in [-0.1, -0.05) is 36.0 Å². The van der Waals surface area contributed by atoms with Crippen LogP contribution < -0.4 is 4.90 Å². The zero-order chi connectivity index (χ0) is 16.4. The van der Waals surface area contributed by atoms with Crippen molar-refractivity contribution >= 4 is 60.4 Å². The molecule has 1 saturated heterocycles. The summed E-state index contributed by atoms with van der Waals surface area (Å²) in [4.78, 5) is 10.3. The number of rotatable bonds is 4. The smallest absolute Gasteiger partial charge is 0.0552 e.